The number of aliphatic hydroxyl groups is 1. The van der Waals surface area contributed by atoms with E-state index >= 15 is 0 Å². The minimum atomic E-state index is -0.816. The van der Waals surface area contributed by atoms with Crippen molar-refractivity contribution in [2.45, 2.75) is 77.2 Å². The molecule has 310 valence electrons. The summed E-state index contributed by atoms with van der Waals surface area (Å²) < 4.78 is 9.49. The lowest BCUT2D eigenvalue weighted by Gasteiger charge is -2.30. The van der Waals surface area contributed by atoms with E-state index in [1.165, 1.54) is 14.2 Å². The van der Waals surface area contributed by atoms with Crippen molar-refractivity contribution in [1.29, 1.82) is 0 Å². The molecule has 5 heterocycles. The van der Waals surface area contributed by atoms with Gasteiger partial charge in [0.15, 0.2) is 0 Å². The maximum atomic E-state index is 13.6. The zero-order chi connectivity index (χ0) is 42.0. The summed E-state index contributed by atoms with van der Waals surface area (Å²) >= 11 is 0. The number of imidazole rings is 2. The number of hydrogen-bond acceptors (Lipinski definition) is 10. The molecule has 3 aromatic heterocycles. The smallest absolute Gasteiger partial charge is 0.407 e. The Kier molecular flexibility index (Phi) is 12.0. The van der Waals surface area contributed by atoms with Crippen LogP contribution in [-0.2, 0) is 19.1 Å². The Labute approximate surface area is 342 Å². The van der Waals surface area contributed by atoms with Gasteiger partial charge in [-0.3, -0.25) is 9.59 Å². The second-order valence-corrected chi connectivity index (χ2v) is 15.8. The predicted octanol–water partition coefficient (Wildman–Crippen LogP) is 5.74. The molecule has 0 radical (unpaired) electrons. The van der Waals surface area contributed by atoms with Crippen molar-refractivity contribution in [2.75, 3.05) is 27.3 Å². The molecule has 16 nitrogen and oxygen atoms in total. The van der Waals surface area contributed by atoms with Gasteiger partial charge in [-0.1, -0.05) is 64.1 Å². The molecule has 2 aromatic carbocycles. The number of fused-ring (bicyclic) bond motifs is 1. The molecule has 2 aliphatic rings. The molecule has 5 N–H and O–H groups in total. The molecule has 0 unspecified atom stereocenters. The van der Waals surface area contributed by atoms with Crippen LogP contribution in [0.5, 0.6) is 0 Å². The van der Waals surface area contributed by atoms with Gasteiger partial charge in [0.25, 0.3) is 0 Å². The van der Waals surface area contributed by atoms with Gasteiger partial charge < -0.3 is 45.0 Å². The number of β-amino-alcohol motifs (C(OH)–C–C–N with tert-alkyl or cyclic N) is 1. The first-order valence-corrected chi connectivity index (χ1v) is 19.9. The van der Waals surface area contributed by atoms with Crippen LogP contribution in [0.1, 0.15) is 70.7 Å². The average Bonchev–Trinajstić information content (AvgIpc) is 4.08. The highest BCUT2D eigenvalue weighted by Gasteiger charge is 2.41. The molecule has 2 fully saturated rings. The third-order valence-corrected chi connectivity index (χ3v) is 11.2. The lowest BCUT2D eigenvalue weighted by Crippen LogP contribution is -2.51. The molecule has 0 saturated carbocycles. The summed E-state index contributed by atoms with van der Waals surface area (Å²) in [6.07, 6.45) is 3.37. The van der Waals surface area contributed by atoms with Crippen molar-refractivity contribution in [2.24, 2.45) is 11.8 Å². The SMILES string of the molecule is COC(=O)N[C@H](C(=O)N1CCC[C@H]1c1ncc(-c2ccc3nc(-c4ccc(-c5cnc([C@@H]6C[C@@H](O)CN6C(=O)[C@@H](NC(=O)OC)C(C)C)[nH]5)cc4)ccc3c2)[nH]1)C(C)C. The van der Waals surface area contributed by atoms with Crippen molar-refractivity contribution in [3.05, 3.63) is 78.6 Å². The Morgan fingerprint density at radius 2 is 1.31 bits per heavy atom. The summed E-state index contributed by atoms with van der Waals surface area (Å²) in [6, 6.07) is 15.8. The fraction of sp³-hybridized carbons (Fsp3) is 0.419. The van der Waals surface area contributed by atoms with Crippen LogP contribution in [-0.4, -0.2) is 109 Å². The van der Waals surface area contributed by atoms with Crippen LogP contribution >= 0.6 is 0 Å². The molecule has 0 bridgehead atoms. The zero-order valence-corrected chi connectivity index (χ0v) is 34.1. The number of alkyl carbamates (subject to hydrolysis) is 2. The highest BCUT2D eigenvalue weighted by molar-refractivity contribution is 5.88. The molecule has 59 heavy (non-hydrogen) atoms. The number of rotatable bonds is 11. The average molecular weight is 806 g/mol. The number of pyridine rings is 1. The van der Waals surface area contributed by atoms with E-state index < -0.39 is 36.4 Å². The van der Waals surface area contributed by atoms with Gasteiger partial charge in [-0.05, 0) is 48.4 Å². The summed E-state index contributed by atoms with van der Waals surface area (Å²) in [7, 11) is 2.53. The normalized spacial score (nSPS) is 19.0. The fourth-order valence-corrected chi connectivity index (χ4v) is 7.97. The van der Waals surface area contributed by atoms with Crippen molar-refractivity contribution < 1.29 is 33.8 Å². The van der Waals surface area contributed by atoms with E-state index in [2.05, 4.69) is 36.6 Å². The van der Waals surface area contributed by atoms with E-state index in [0.717, 1.165) is 57.5 Å². The van der Waals surface area contributed by atoms with Crippen LogP contribution in [0.15, 0.2) is 67.0 Å². The topological polar surface area (TPSA) is 208 Å². The lowest BCUT2D eigenvalue weighted by molar-refractivity contribution is -0.136. The maximum Gasteiger partial charge on any atom is 0.407 e. The number of carbonyl (C=O) groups is 4. The number of carbonyl (C=O) groups excluding carboxylic acids is 4. The van der Waals surface area contributed by atoms with Gasteiger partial charge in [0.1, 0.15) is 23.7 Å². The Morgan fingerprint density at radius 1 is 0.746 bits per heavy atom. The Balaban J connectivity index is 1.03. The van der Waals surface area contributed by atoms with Gasteiger partial charge in [-0.2, -0.15) is 0 Å². The zero-order valence-electron chi connectivity index (χ0n) is 34.1. The maximum absolute atomic E-state index is 13.6. The largest absolute Gasteiger partial charge is 0.453 e. The molecular weight excluding hydrogens is 755 g/mol. The fourth-order valence-electron chi connectivity index (χ4n) is 7.97. The number of hydrogen-bond donors (Lipinski definition) is 5. The number of ether oxygens (including phenoxy) is 2. The number of methoxy groups -OCH3 is 2. The number of nitrogens with one attached hydrogen (secondary N) is 4. The van der Waals surface area contributed by atoms with Gasteiger partial charge in [0.05, 0.1) is 67.4 Å². The lowest BCUT2D eigenvalue weighted by atomic mass is 10.0. The van der Waals surface area contributed by atoms with Gasteiger partial charge in [-0.25, -0.2) is 24.5 Å². The number of likely N-dealkylation sites (tertiary alicyclic amines) is 2. The van der Waals surface area contributed by atoms with Crippen LogP contribution < -0.4 is 10.6 Å². The van der Waals surface area contributed by atoms with Crippen molar-refractivity contribution >= 4 is 34.9 Å². The van der Waals surface area contributed by atoms with E-state index in [9.17, 15) is 24.3 Å². The molecule has 2 aliphatic heterocycles. The minimum absolute atomic E-state index is 0.118. The number of nitrogens with zero attached hydrogens (tertiary/aromatic N) is 5. The molecule has 0 aliphatic carbocycles. The van der Waals surface area contributed by atoms with Crippen molar-refractivity contribution in [3.8, 4) is 33.8 Å². The molecule has 7 rings (SSSR count). The second-order valence-electron chi connectivity index (χ2n) is 15.8. The highest BCUT2D eigenvalue weighted by atomic mass is 16.5. The standard InChI is InChI=1S/C43H51N9O7/c1-23(2)36(49-42(56)58-5)40(54)51-17-7-8-34(51)38-44-21-33(48-38)28-14-16-31-27(18-28)13-15-30(46-31)25-9-11-26(12-10-25)32-20-45-39(47-32)35-19-29(53)22-52(35)41(55)37(24(3)4)50-43(57)59-6/h9-16,18,20-21,23-24,29,34-37,53H,7-8,17,19,22H2,1-6H3,(H,44,48)(H,45,47)(H,49,56)(H,50,57)/t29-,34+,35+,36+,37+/m1/s1. The highest BCUT2D eigenvalue weighted by Crippen LogP contribution is 2.35. The predicted molar refractivity (Wildman–Crippen MR) is 219 cm³/mol. The molecule has 5 aromatic rings. The van der Waals surface area contributed by atoms with Gasteiger partial charge in [0.2, 0.25) is 11.8 Å². The number of aromatic amines is 2. The summed E-state index contributed by atoms with van der Waals surface area (Å²) in [5.74, 6) is 0.476. The minimum Gasteiger partial charge on any atom is -0.453 e. The second kappa shape index (κ2) is 17.3. The Bertz CT molecular complexity index is 2320. The first kappa shape index (κ1) is 40.9. The number of H-pyrrole nitrogens is 2. The van der Waals surface area contributed by atoms with Crippen molar-refractivity contribution in [3.63, 3.8) is 0 Å². The Hall–Kier alpha value is -6.29. The first-order chi connectivity index (χ1) is 28.3. The number of benzene rings is 2. The van der Waals surface area contributed by atoms with E-state index in [0.29, 0.717) is 24.6 Å². The summed E-state index contributed by atoms with van der Waals surface area (Å²) in [4.78, 5) is 75.5. The quantitative estimate of drug-likeness (QED) is 0.109. The van der Waals surface area contributed by atoms with E-state index in [4.69, 9.17) is 14.5 Å². The molecular formula is C43H51N9O7. The Morgan fingerprint density at radius 3 is 1.92 bits per heavy atom. The molecule has 5 atom stereocenters. The molecule has 16 heteroatoms. The third-order valence-electron chi connectivity index (χ3n) is 11.2. The third kappa shape index (κ3) is 8.63. The van der Waals surface area contributed by atoms with E-state index in [1.807, 2.05) is 76.2 Å². The van der Waals surface area contributed by atoms with Gasteiger partial charge in [-0.15, -0.1) is 0 Å². The van der Waals surface area contributed by atoms with Gasteiger partial charge >= 0.3 is 12.2 Å². The number of amides is 4. The number of aliphatic hydroxyl groups excluding tert-OH is 1. The molecule has 0 spiro atoms. The van der Waals surface area contributed by atoms with Crippen LogP contribution in [0, 0.1) is 11.8 Å². The molecule has 4 amide bonds. The van der Waals surface area contributed by atoms with Gasteiger partial charge in [0, 0.05) is 36.0 Å². The molecule has 2 saturated heterocycles. The monoisotopic (exact) mass is 805 g/mol. The number of aromatic nitrogens is 5. The van der Waals surface area contributed by atoms with Crippen molar-refractivity contribution in [1.82, 2.24) is 45.4 Å². The van der Waals surface area contributed by atoms with E-state index in [-0.39, 0.29) is 36.2 Å². The van der Waals surface area contributed by atoms with Crippen LogP contribution in [0.25, 0.3) is 44.7 Å². The van der Waals surface area contributed by atoms with Crippen LogP contribution in [0.2, 0.25) is 0 Å². The summed E-state index contributed by atoms with van der Waals surface area (Å²) in [5, 5.41) is 16.8. The summed E-state index contributed by atoms with van der Waals surface area (Å²) in [5.41, 5.74) is 6.00. The van der Waals surface area contributed by atoms with E-state index in [1.54, 1.807) is 22.2 Å². The summed E-state index contributed by atoms with van der Waals surface area (Å²) in [6.45, 7) is 8.17. The first-order valence-electron chi connectivity index (χ1n) is 19.9. The van der Waals surface area contributed by atoms with Crippen LogP contribution in [0.4, 0.5) is 9.59 Å². The van der Waals surface area contributed by atoms with Crippen LogP contribution in [0.3, 0.4) is 0 Å².